The van der Waals surface area contributed by atoms with Crippen molar-refractivity contribution >= 4 is 29.1 Å². The summed E-state index contributed by atoms with van der Waals surface area (Å²) in [6, 6.07) is 15.6. The first-order valence-electron chi connectivity index (χ1n) is 5.61. The second kappa shape index (κ2) is 6.57. The maximum Gasteiger partial charge on any atom is 0.120 e. The lowest BCUT2D eigenvalue weighted by Crippen LogP contribution is -2.00. The van der Waals surface area contributed by atoms with Crippen molar-refractivity contribution in [3.05, 3.63) is 53.6 Å². The molecule has 0 saturated carbocycles. The molecular formula is C14H14ClNOS. The lowest BCUT2D eigenvalue weighted by Gasteiger charge is -2.07. The summed E-state index contributed by atoms with van der Waals surface area (Å²) in [6.45, 7) is 0.639. The largest absolute Gasteiger partial charge is 0.493 e. The van der Waals surface area contributed by atoms with Gasteiger partial charge in [0.2, 0.25) is 0 Å². The van der Waals surface area contributed by atoms with E-state index in [-0.39, 0.29) is 0 Å². The van der Waals surface area contributed by atoms with Gasteiger partial charge >= 0.3 is 0 Å². The monoisotopic (exact) mass is 279 g/mol. The summed E-state index contributed by atoms with van der Waals surface area (Å²) < 4.78 is 5.60. The van der Waals surface area contributed by atoms with E-state index in [2.05, 4.69) is 12.1 Å². The van der Waals surface area contributed by atoms with Crippen LogP contribution in [0, 0.1) is 0 Å². The third kappa shape index (κ3) is 3.86. The van der Waals surface area contributed by atoms with E-state index in [9.17, 15) is 0 Å². The van der Waals surface area contributed by atoms with E-state index >= 15 is 0 Å². The summed E-state index contributed by atoms with van der Waals surface area (Å²) in [6.07, 6.45) is 0. The SMILES string of the molecule is Nc1ccc(OCCSc2ccccc2)cc1Cl. The van der Waals surface area contributed by atoms with Crippen molar-refractivity contribution in [3.8, 4) is 5.75 Å². The van der Waals surface area contributed by atoms with Gasteiger partial charge in [-0.3, -0.25) is 0 Å². The van der Waals surface area contributed by atoms with Crippen molar-refractivity contribution in [1.82, 2.24) is 0 Å². The molecule has 2 aromatic rings. The first kappa shape index (κ1) is 13.1. The summed E-state index contributed by atoms with van der Waals surface area (Å²) in [5.74, 6) is 1.65. The lowest BCUT2D eigenvalue weighted by atomic mass is 10.3. The van der Waals surface area contributed by atoms with Crippen LogP contribution in [0.5, 0.6) is 5.75 Å². The first-order valence-corrected chi connectivity index (χ1v) is 6.98. The Morgan fingerprint density at radius 1 is 1.11 bits per heavy atom. The van der Waals surface area contributed by atoms with Gasteiger partial charge in [0.25, 0.3) is 0 Å². The quantitative estimate of drug-likeness (QED) is 0.509. The predicted molar refractivity (Wildman–Crippen MR) is 78.5 cm³/mol. The number of thioether (sulfide) groups is 1. The second-order valence-electron chi connectivity index (χ2n) is 3.69. The molecule has 0 aliphatic heterocycles. The molecule has 2 rings (SSSR count). The normalized spacial score (nSPS) is 10.3. The third-order valence-corrected chi connectivity index (χ3v) is 3.64. The molecule has 0 unspecified atom stereocenters. The molecule has 0 heterocycles. The molecule has 4 heteroatoms. The molecule has 0 saturated heterocycles. The van der Waals surface area contributed by atoms with Crippen LogP contribution in [0.4, 0.5) is 5.69 Å². The molecule has 0 radical (unpaired) electrons. The number of anilines is 1. The van der Waals surface area contributed by atoms with Gasteiger partial charge in [-0.25, -0.2) is 0 Å². The van der Waals surface area contributed by atoms with Crippen LogP contribution in [0.15, 0.2) is 53.4 Å². The van der Waals surface area contributed by atoms with Gasteiger partial charge in [-0.15, -0.1) is 11.8 Å². The lowest BCUT2D eigenvalue weighted by molar-refractivity contribution is 0.344. The van der Waals surface area contributed by atoms with Crippen molar-refractivity contribution in [3.63, 3.8) is 0 Å². The molecule has 2 nitrogen and oxygen atoms in total. The zero-order valence-electron chi connectivity index (χ0n) is 9.80. The van der Waals surface area contributed by atoms with Crippen LogP contribution in [0.25, 0.3) is 0 Å². The van der Waals surface area contributed by atoms with E-state index in [0.29, 0.717) is 17.3 Å². The molecule has 94 valence electrons. The van der Waals surface area contributed by atoms with Crippen molar-refractivity contribution in [2.24, 2.45) is 0 Å². The van der Waals surface area contributed by atoms with Gasteiger partial charge in [-0.1, -0.05) is 29.8 Å². The predicted octanol–water partition coefficient (Wildman–Crippen LogP) is 4.09. The van der Waals surface area contributed by atoms with Gasteiger partial charge in [0, 0.05) is 16.7 Å². The van der Waals surface area contributed by atoms with Gasteiger partial charge in [-0.2, -0.15) is 0 Å². The minimum Gasteiger partial charge on any atom is -0.493 e. The molecule has 0 fully saturated rings. The Morgan fingerprint density at radius 3 is 2.61 bits per heavy atom. The van der Waals surface area contributed by atoms with E-state index < -0.39 is 0 Å². The molecule has 0 aliphatic rings. The maximum atomic E-state index is 5.91. The molecule has 2 N–H and O–H groups in total. The van der Waals surface area contributed by atoms with E-state index in [1.54, 1.807) is 23.9 Å². The standard InChI is InChI=1S/C14H14ClNOS/c15-13-10-11(6-7-14(13)16)17-8-9-18-12-4-2-1-3-5-12/h1-7,10H,8-9,16H2. The Kier molecular flexibility index (Phi) is 4.79. The second-order valence-corrected chi connectivity index (χ2v) is 5.27. The molecular weight excluding hydrogens is 266 g/mol. The number of ether oxygens (including phenoxy) is 1. The number of benzene rings is 2. The zero-order chi connectivity index (χ0) is 12.8. The summed E-state index contributed by atoms with van der Waals surface area (Å²) in [5, 5.41) is 0.531. The van der Waals surface area contributed by atoms with Crippen molar-refractivity contribution in [2.75, 3.05) is 18.1 Å². The van der Waals surface area contributed by atoms with Crippen molar-refractivity contribution in [1.29, 1.82) is 0 Å². The third-order valence-electron chi connectivity index (χ3n) is 2.34. The minimum atomic E-state index is 0.531. The number of hydrogen-bond acceptors (Lipinski definition) is 3. The number of halogens is 1. The van der Waals surface area contributed by atoms with Crippen LogP contribution in [0.2, 0.25) is 5.02 Å². The fourth-order valence-electron chi connectivity index (χ4n) is 1.43. The highest BCUT2D eigenvalue weighted by Gasteiger charge is 1.99. The smallest absolute Gasteiger partial charge is 0.120 e. The van der Waals surface area contributed by atoms with Gasteiger partial charge in [0.15, 0.2) is 0 Å². The Bertz CT molecular complexity index is 504. The number of hydrogen-bond donors (Lipinski definition) is 1. The molecule has 0 aromatic heterocycles. The van der Waals surface area contributed by atoms with Crippen LogP contribution in [0.3, 0.4) is 0 Å². The fraction of sp³-hybridized carbons (Fsp3) is 0.143. The van der Waals surface area contributed by atoms with Gasteiger partial charge < -0.3 is 10.5 Å². The summed E-state index contributed by atoms with van der Waals surface area (Å²) in [4.78, 5) is 1.25. The molecule has 2 aromatic carbocycles. The first-order chi connectivity index (χ1) is 8.75. The van der Waals surface area contributed by atoms with Crippen LogP contribution >= 0.6 is 23.4 Å². The van der Waals surface area contributed by atoms with Gasteiger partial charge in [-0.05, 0) is 24.3 Å². The Morgan fingerprint density at radius 2 is 1.89 bits per heavy atom. The fourth-order valence-corrected chi connectivity index (χ4v) is 2.36. The number of nitrogen functional groups attached to an aromatic ring is 1. The van der Waals surface area contributed by atoms with Gasteiger partial charge in [0.05, 0.1) is 17.3 Å². The summed E-state index contributed by atoms with van der Waals surface area (Å²) in [5.41, 5.74) is 6.20. The molecule has 18 heavy (non-hydrogen) atoms. The van der Waals surface area contributed by atoms with E-state index in [1.807, 2.05) is 24.3 Å². The minimum absolute atomic E-state index is 0.531. The van der Waals surface area contributed by atoms with Gasteiger partial charge in [0.1, 0.15) is 5.75 Å². The van der Waals surface area contributed by atoms with E-state index in [1.165, 1.54) is 4.90 Å². The maximum absolute atomic E-state index is 5.91. The molecule has 0 spiro atoms. The van der Waals surface area contributed by atoms with Crippen LogP contribution in [0.1, 0.15) is 0 Å². The van der Waals surface area contributed by atoms with Crippen LogP contribution < -0.4 is 10.5 Å². The summed E-state index contributed by atoms with van der Waals surface area (Å²) >= 11 is 7.68. The molecule has 0 bridgehead atoms. The average Bonchev–Trinajstić information content (AvgIpc) is 2.40. The van der Waals surface area contributed by atoms with Crippen molar-refractivity contribution < 1.29 is 4.74 Å². The zero-order valence-corrected chi connectivity index (χ0v) is 11.4. The Labute approximate surface area is 116 Å². The number of rotatable bonds is 5. The number of nitrogens with two attached hydrogens (primary N) is 1. The highest BCUT2D eigenvalue weighted by atomic mass is 35.5. The molecule has 0 aliphatic carbocycles. The topological polar surface area (TPSA) is 35.2 Å². The highest BCUT2D eigenvalue weighted by Crippen LogP contribution is 2.24. The highest BCUT2D eigenvalue weighted by molar-refractivity contribution is 7.99. The van der Waals surface area contributed by atoms with Crippen molar-refractivity contribution in [2.45, 2.75) is 4.90 Å². The molecule has 0 atom stereocenters. The average molecular weight is 280 g/mol. The van der Waals surface area contributed by atoms with E-state index in [4.69, 9.17) is 22.1 Å². The summed E-state index contributed by atoms with van der Waals surface area (Å²) in [7, 11) is 0. The Hall–Kier alpha value is -1.32. The van der Waals surface area contributed by atoms with Crippen LogP contribution in [-0.2, 0) is 0 Å². The van der Waals surface area contributed by atoms with Crippen LogP contribution in [-0.4, -0.2) is 12.4 Å². The molecule has 0 amide bonds. The Balaban J connectivity index is 1.77. The van der Waals surface area contributed by atoms with E-state index in [0.717, 1.165) is 11.5 Å².